The number of alkyl halides is 2. The van der Waals surface area contributed by atoms with Crippen molar-refractivity contribution < 1.29 is 32.6 Å². The Morgan fingerprint density at radius 3 is 2.74 bits per heavy atom. The van der Waals surface area contributed by atoms with E-state index in [4.69, 9.17) is 21.3 Å². The second-order valence-electron chi connectivity index (χ2n) is 9.36. The van der Waals surface area contributed by atoms with Gasteiger partial charge in [0.1, 0.15) is 24.3 Å². The van der Waals surface area contributed by atoms with Gasteiger partial charge in [-0.15, -0.1) is 0 Å². The van der Waals surface area contributed by atoms with Gasteiger partial charge in [-0.1, -0.05) is 23.7 Å². The number of carbonyl (C=O) groups is 2. The highest BCUT2D eigenvalue weighted by Crippen LogP contribution is 2.21. The van der Waals surface area contributed by atoms with Gasteiger partial charge in [-0.3, -0.25) is 4.79 Å². The SMILES string of the molecule is O=C(NC(CCN(CCCCc1ccc2c(n1)NCCC2)CCOCC(F)F)C(=O)O)c1c(F)cccc1Cl. The van der Waals surface area contributed by atoms with Gasteiger partial charge in [-0.25, -0.2) is 22.9 Å². The summed E-state index contributed by atoms with van der Waals surface area (Å²) in [4.78, 5) is 31.0. The van der Waals surface area contributed by atoms with Crippen LogP contribution in [0.3, 0.4) is 0 Å². The van der Waals surface area contributed by atoms with E-state index in [0.717, 1.165) is 56.2 Å². The Morgan fingerprint density at radius 1 is 1.18 bits per heavy atom. The number of benzene rings is 1. The van der Waals surface area contributed by atoms with Crippen molar-refractivity contribution in [3.05, 3.63) is 58.0 Å². The fraction of sp³-hybridized carbons (Fsp3) is 0.519. The van der Waals surface area contributed by atoms with E-state index in [1.54, 1.807) is 0 Å². The highest BCUT2D eigenvalue weighted by molar-refractivity contribution is 6.33. The van der Waals surface area contributed by atoms with Crippen molar-refractivity contribution >= 4 is 29.3 Å². The molecule has 3 rings (SSSR count). The second kappa shape index (κ2) is 15.6. The molecular weight excluding hydrogens is 537 g/mol. The molecule has 0 radical (unpaired) electrons. The molecule has 39 heavy (non-hydrogen) atoms. The van der Waals surface area contributed by atoms with Crippen molar-refractivity contribution in [2.75, 3.05) is 44.7 Å². The number of nitrogens with one attached hydrogen (secondary N) is 2. The first-order valence-corrected chi connectivity index (χ1v) is 13.4. The molecule has 8 nitrogen and oxygen atoms in total. The maximum Gasteiger partial charge on any atom is 0.326 e. The summed E-state index contributed by atoms with van der Waals surface area (Å²) in [5, 5.41) is 15.2. The lowest BCUT2D eigenvalue weighted by molar-refractivity contribution is -0.139. The highest BCUT2D eigenvalue weighted by atomic mass is 35.5. The molecule has 0 saturated heterocycles. The first-order valence-electron chi connectivity index (χ1n) is 13.0. The largest absolute Gasteiger partial charge is 0.480 e. The third kappa shape index (κ3) is 9.98. The number of carboxylic acid groups (broad SMARTS) is 1. The van der Waals surface area contributed by atoms with Gasteiger partial charge in [0.05, 0.1) is 17.2 Å². The Bertz CT molecular complexity index is 1090. The summed E-state index contributed by atoms with van der Waals surface area (Å²) in [6, 6.07) is 6.58. The van der Waals surface area contributed by atoms with Gasteiger partial charge < -0.3 is 25.4 Å². The molecule has 1 aromatic heterocycles. The van der Waals surface area contributed by atoms with Crippen LogP contribution in [0.1, 0.15) is 47.3 Å². The van der Waals surface area contributed by atoms with Crippen LogP contribution in [0.15, 0.2) is 30.3 Å². The number of amides is 1. The molecule has 1 aliphatic rings. The minimum absolute atomic E-state index is 0.0139. The van der Waals surface area contributed by atoms with Crippen molar-refractivity contribution in [3.8, 4) is 0 Å². The fourth-order valence-corrected chi connectivity index (χ4v) is 4.61. The zero-order chi connectivity index (χ0) is 28.2. The third-order valence-corrected chi connectivity index (χ3v) is 6.75. The molecule has 214 valence electrons. The zero-order valence-corrected chi connectivity index (χ0v) is 22.4. The van der Waals surface area contributed by atoms with E-state index in [2.05, 4.69) is 16.7 Å². The molecule has 0 saturated carbocycles. The minimum atomic E-state index is -2.58. The Labute approximate surface area is 230 Å². The van der Waals surface area contributed by atoms with E-state index in [9.17, 15) is 27.9 Å². The van der Waals surface area contributed by atoms with Gasteiger partial charge in [0.15, 0.2) is 0 Å². The maximum atomic E-state index is 14.1. The highest BCUT2D eigenvalue weighted by Gasteiger charge is 2.24. The molecule has 0 spiro atoms. The monoisotopic (exact) mass is 570 g/mol. The predicted molar refractivity (Wildman–Crippen MR) is 142 cm³/mol. The van der Waals surface area contributed by atoms with Crippen LogP contribution in [-0.4, -0.2) is 78.7 Å². The fourth-order valence-electron chi connectivity index (χ4n) is 4.37. The van der Waals surface area contributed by atoms with Crippen molar-refractivity contribution in [2.45, 2.75) is 51.0 Å². The topological polar surface area (TPSA) is 104 Å². The van der Waals surface area contributed by atoms with Crippen LogP contribution in [0.2, 0.25) is 5.02 Å². The van der Waals surface area contributed by atoms with Crippen LogP contribution in [0.4, 0.5) is 19.0 Å². The number of hydrogen-bond acceptors (Lipinski definition) is 6. The number of aliphatic carboxylic acids is 1. The average molecular weight is 571 g/mol. The molecule has 1 unspecified atom stereocenters. The third-order valence-electron chi connectivity index (χ3n) is 6.43. The number of pyridine rings is 1. The van der Waals surface area contributed by atoms with Gasteiger partial charge >= 0.3 is 5.97 Å². The molecule has 3 N–H and O–H groups in total. The quantitative estimate of drug-likeness (QED) is 0.257. The van der Waals surface area contributed by atoms with E-state index in [0.29, 0.717) is 13.1 Å². The van der Waals surface area contributed by atoms with E-state index in [-0.39, 0.29) is 24.6 Å². The van der Waals surface area contributed by atoms with E-state index >= 15 is 0 Å². The molecule has 12 heteroatoms. The van der Waals surface area contributed by atoms with Crippen LogP contribution >= 0.6 is 11.6 Å². The summed E-state index contributed by atoms with van der Waals surface area (Å²) >= 11 is 5.93. The van der Waals surface area contributed by atoms with Crippen molar-refractivity contribution in [1.82, 2.24) is 15.2 Å². The van der Waals surface area contributed by atoms with Crippen molar-refractivity contribution in [1.29, 1.82) is 0 Å². The number of hydrogen-bond donors (Lipinski definition) is 3. The molecule has 2 aromatic rings. The van der Waals surface area contributed by atoms with E-state index in [1.165, 1.54) is 17.7 Å². The number of aromatic nitrogens is 1. The molecule has 1 atom stereocenters. The standard InChI is InChI=1S/C27H34ClF3N4O4/c28-20-7-3-8-21(29)24(20)26(36)34-22(27(37)38)11-14-35(15-16-39-17-23(30)31)13-2-1-6-19-10-9-18-5-4-12-32-25(18)33-19/h3,7-10,22-23H,1-2,4-6,11-17H2,(H,32,33)(H,34,36)(H,37,38). The van der Waals surface area contributed by atoms with E-state index in [1.807, 2.05) is 11.0 Å². The lowest BCUT2D eigenvalue weighted by Crippen LogP contribution is -2.44. The summed E-state index contributed by atoms with van der Waals surface area (Å²) in [6.45, 7) is 1.42. The molecule has 0 bridgehead atoms. The number of nitrogens with zero attached hydrogens (tertiary/aromatic N) is 2. The van der Waals surface area contributed by atoms with Gasteiger partial charge in [0, 0.05) is 25.3 Å². The number of carbonyl (C=O) groups excluding carboxylic acids is 1. The first kappa shape index (κ1) is 30.6. The van der Waals surface area contributed by atoms with Gasteiger partial charge in [0.25, 0.3) is 12.3 Å². The number of halogens is 4. The maximum absolute atomic E-state index is 14.1. The Hall–Kier alpha value is -2.89. The summed E-state index contributed by atoms with van der Waals surface area (Å²) in [5.41, 5.74) is 1.78. The molecular formula is C27H34ClF3N4O4. The Morgan fingerprint density at radius 2 is 2.00 bits per heavy atom. The number of carboxylic acids is 1. The second-order valence-corrected chi connectivity index (χ2v) is 9.76. The molecule has 0 fully saturated rings. The summed E-state index contributed by atoms with van der Waals surface area (Å²) in [6.07, 6.45) is 1.90. The Balaban J connectivity index is 1.53. The van der Waals surface area contributed by atoms with Crippen LogP contribution in [0.25, 0.3) is 0 Å². The number of fused-ring (bicyclic) bond motifs is 1. The number of aryl methyl sites for hydroxylation is 2. The summed E-state index contributed by atoms with van der Waals surface area (Å²) in [5.74, 6) is -2.12. The van der Waals surface area contributed by atoms with Gasteiger partial charge in [-0.05, 0) is 68.8 Å². The normalized spacial score (nSPS) is 13.7. The zero-order valence-electron chi connectivity index (χ0n) is 21.6. The predicted octanol–water partition coefficient (Wildman–Crippen LogP) is 4.41. The van der Waals surface area contributed by atoms with E-state index < -0.39 is 42.3 Å². The van der Waals surface area contributed by atoms with Crippen LogP contribution in [-0.2, 0) is 22.4 Å². The molecule has 1 aliphatic heterocycles. The average Bonchev–Trinajstić information content (AvgIpc) is 2.90. The molecule has 1 aromatic carbocycles. The van der Waals surface area contributed by atoms with Crippen LogP contribution in [0.5, 0.6) is 0 Å². The van der Waals surface area contributed by atoms with Crippen molar-refractivity contribution in [3.63, 3.8) is 0 Å². The summed E-state index contributed by atoms with van der Waals surface area (Å²) < 4.78 is 44.0. The number of rotatable bonds is 16. The lowest BCUT2D eigenvalue weighted by Gasteiger charge is -2.24. The van der Waals surface area contributed by atoms with Gasteiger partial charge in [0.2, 0.25) is 0 Å². The number of ether oxygens (including phenoxy) is 1. The Kier molecular flexibility index (Phi) is 12.3. The minimum Gasteiger partial charge on any atom is -0.480 e. The van der Waals surface area contributed by atoms with Gasteiger partial charge in [-0.2, -0.15) is 0 Å². The molecule has 2 heterocycles. The molecule has 1 amide bonds. The smallest absolute Gasteiger partial charge is 0.326 e. The summed E-state index contributed by atoms with van der Waals surface area (Å²) in [7, 11) is 0. The van der Waals surface area contributed by atoms with Crippen LogP contribution in [0, 0.1) is 5.82 Å². The first-order chi connectivity index (χ1) is 18.7. The van der Waals surface area contributed by atoms with Crippen LogP contribution < -0.4 is 10.6 Å². The molecule has 0 aliphatic carbocycles. The number of unbranched alkanes of at least 4 members (excludes halogenated alkanes) is 1. The number of anilines is 1. The van der Waals surface area contributed by atoms with Crippen molar-refractivity contribution in [2.24, 2.45) is 0 Å². The lowest BCUT2D eigenvalue weighted by atomic mass is 10.1.